The number of amides is 2. The maximum absolute atomic E-state index is 11.8. The fraction of sp³-hybridized carbons (Fsp3) is 0.333. The van der Waals surface area contributed by atoms with Gasteiger partial charge in [-0.15, -0.1) is 0 Å². The molecule has 1 aliphatic heterocycles. The third-order valence-electron chi connectivity index (χ3n) is 3.11. The molecule has 6 nitrogen and oxygen atoms in total. The Morgan fingerprint density at radius 2 is 2.22 bits per heavy atom. The van der Waals surface area contributed by atoms with E-state index in [0.29, 0.717) is 30.0 Å². The Morgan fingerprint density at radius 3 is 2.94 bits per heavy atom. The Bertz CT molecular complexity index is 537. The van der Waals surface area contributed by atoms with Crippen molar-refractivity contribution >= 4 is 23.2 Å². The Hall–Kier alpha value is -2.08. The molecule has 3 rings (SSSR count). The summed E-state index contributed by atoms with van der Waals surface area (Å²) in [5, 5.41) is 5.42. The first-order valence-corrected chi connectivity index (χ1v) is 5.74. The first kappa shape index (κ1) is 11.0. The summed E-state index contributed by atoms with van der Waals surface area (Å²) >= 11 is 0. The second-order valence-corrected chi connectivity index (χ2v) is 4.66. The maximum Gasteiger partial charge on any atom is 0.262 e. The lowest BCUT2D eigenvalue weighted by molar-refractivity contribution is -0.119. The van der Waals surface area contributed by atoms with Crippen LogP contribution in [0.3, 0.4) is 0 Å². The fourth-order valence-electron chi connectivity index (χ4n) is 1.78. The van der Waals surface area contributed by atoms with E-state index < -0.39 is 5.54 Å². The molecule has 0 spiro atoms. The van der Waals surface area contributed by atoms with Crippen molar-refractivity contribution in [2.75, 3.05) is 17.2 Å². The van der Waals surface area contributed by atoms with Crippen LogP contribution in [0.15, 0.2) is 18.2 Å². The van der Waals surface area contributed by atoms with E-state index in [0.717, 1.165) is 0 Å². The van der Waals surface area contributed by atoms with E-state index in [1.807, 2.05) is 0 Å². The van der Waals surface area contributed by atoms with Gasteiger partial charge in [0.15, 0.2) is 6.61 Å². The van der Waals surface area contributed by atoms with Gasteiger partial charge >= 0.3 is 0 Å². The lowest BCUT2D eigenvalue weighted by atomic mass is 10.2. The molecule has 0 bridgehead atoms. The molecular weight excluding hydrogens is 234 g/mol. The van der Waals surface area contributed by atoms with Crippen LogP contribution in [0, 0.1) is 0 Å². The number of nitrogens with one attached hydrogen (secondary N) is 2. The molecule has 94 valence electrons. The summed E-state index contributed by atoms with van der Waals surface area (Å²) in [6.07, 6.45) is 1.42. The van der Waals surface area contributed by atoms with E-state index in [2.05, 4.69) is 10.6 Å². The van der Waals surface area contributed by atoms with E-state index in [1.54, 1.807) is 18.2 Å². The van der Waals surface area contributed by atoms with E-state index in [-0.39, 0.29) is 18.4 Å². The van der Waals surface area contributed by atoms with Gasteiger partial charge < -0.3 is 21.1 Å². The van der Waals surface area contributed by atoms with Crippen LogP contribution in [-0.4, -0.2) is 24.0 Å². The first-order valence-electron chi connectivity index (χ1n) is 5.74. The first-order chi connectivity index (χ1) is 8.57. The van der Waals surface area contributed by atoms with Gasteiger partial charge in [0.25, 0.3) is 5.91 Å². The molecule has 2 amide bonds. The van der Waals surface area contributed by atoms with Crippen molar-refractivity contribution in [3.63, 3.8) is 0 Å². The molecule has 0 aromatic heterocycles. The SMILES string of the molecule is NC1(C(=O)Nc2ccc3c(c2)NC(=O)CO3)CC1. The highest BCUT2D eigenvalue weighted by Crippen LogP contribution is 2.35. The highest BCUT2D eigenvalue weighted by Gasteiger charge is 2.45. The predicted molar refractivity (Wildman–Crippen MR) is 65.3 cm³/mol. The van der Waals surface area contributed by atoms with Crippen LogP contribution in [0.1, 0.15) is 12.8 Å². The standard InChI is InChI=1S/C12H13N3O3/c13-12(3-4-12)11(17)14-7-1-2-9-8(5-7)15-10(16)6-18-9/h1-2,5H,3-4,6,13H2,(H,14,17)(H,15,16). The number of fused-ring (bicyclic) bond motifs is 1. The van der Waals surface area contributed by atoms with Crippen molar-refractivity contribution < 1.29 is 14.3 Å². The summed E-state index contributed by atoms with van der Waals surface area (Å²) in [4.78, 5) is 23.0. The van der Waals surface area contributed by atoms with E-state index >= 15 is 0 Å². The van der Waals surface area contributed by atoms with Gasteiger partial charge in [-0.2, -0.15) is 0 Å². The molecular formula is C12H13N3O3. The minimum absolute atomic E-state index is 0.0185. The molecule has 1 aromatic carbocycles. The average Bonchev–Trinajstić information content (AvgIpc) is 3.08. The smallest absolute Gasteiger partial charge is 0.262 e. The number of hydrogen-bond donors (Lipinski definition) is 3. The Labute approximate surface area is 103 Å². The normalized spacial score (nSPS) is 19.3. The van der Waals surface area contributed by atoms with E-state index in [4.69, 9.17) is 10.5 Å². The molecule has 1 aliphatic carbocycles. The molecule has 0 saturated heterocycles. The van der Waals surface area contributed by atoms with Gasteiger partial charge in [-0.05, 0) is 31.0 Å². The van der Waals surface area contributed by atoms with E-state index in [9.17, 15) is 9.59 Å². The quantitative estimate of drug-likeness (QED) is 0.707. The van der Waals surface area contributed by atoms with Gasteiger partial charge in [0, 0.05) is 5.69 Å². The third-order valence-corrected chi connectivity index (χ3v) is 3.11. The summed E-state index contributed by atoms with van der Waals surface area (Å²) in [5.41, 5.74) is 6.24. The van der Waals surface area contributed by atoms with Crippen molar-refractivity contribution in [1.29, 1.82) is 0 Å². The zero-order valence-electron chi connectivity index (χ0n) is 9.66. The molecule has 1 fully saturated rings. The predicted octanol–water partition coefficient (Wildman–Crippen LogP) is 0.447. The molecule has 4 N–H and O–H groups in total. The van der Waals surface area contributed by atoms with Gasteiger partial charge in [-0.1, -0.05) is 0 Å². The maximum atomic E-state index is 11.8. The number of ether oxygens (including phenoxy) is 1. The lowest BCUT2D eigenvalue weighted by Gasteiger charge is -2.19. The molecule has 0 radical (unpaired) electrons. The number of rotatable bonds is 2. The van der Waals surface area contributed by atoms with Crippen LogP contribution in [0.4, 0.5) is 11.4 Å². The van der Waals surface area contributed by atoms with Crippen molar-refractivity contribution in [3.8, 4) is 5.75 Å². The number of anilines is 2. The molecule has 18 heavy (non-hydrogen) atoms. The number of carbonyl (C=O) groups excluding carboxylic acids is 2. The summed E-state index contributed by atoms with van der Waals surface area (Å²) < 4.78 is 5.23. The Balaban J connectivity index is 1.79. The molecule has 2 aliphatic rings. The van der Waals surface area contributed by atoms with Gasteiger partial charge in [0.05, 0.1) is 11.2 Å². The minimum atomic E-state index is -0.713. The van der Waals surface area contributed by atoms with Crippen LogP contribution < -0.4 is 21.1 Å². The molecule has 1 aromatic rings. The number of hydrogen-bond acceptors (Lipinski definition) is 4. The Kier molecular flexibility index (Phi) is 2.27. The topological polar surface area (TPSA) is 93.5 Å². The van der Waals surface area contributed by atoms with Crippen molar-refractivity contribution in [3.05, 3.63) is 18.2 Å². The number of nitrogens with two attached hydrogens (primary N) is 1. The third kappa shape index (κ3) is 1.91. The molecule has 6 heteroatoms. The molecule has 1 saturated carbocycles. The van der Waals surface area contributed by atoms with Crippen molar-refractivity contribution in [1.82, 2.24) is 0 Å². The van der Waals surface area contributed by atoms with Crippen LogP contribution in [0.25, 0.3) is 0 Å². The number of benzene rings is 1. The monoisotopic (exact) mass is 247 g/mol. The van der Waals surface area contributed by atoms with Crippen molar-refractivity contribution in [2.24, 2.45) is 5.73 Å². The zero-order valence-corrected chi connectivity index (χ0v) is 9.66. The van der Waals surface area contributed by atoms with Gasteiger partial charge in [-0.3, -0.25) is 9.59 Å². The highest BCUT2D eigenvalue weighted by atomic mass is 16.5. The van der Waals surface area contributed by atoms with Gasteiger partial charge in [0.2, 0.25) is 5.91 Å². The molecule has 0 atom stereocenters. The number of carbonyl (C=O) groups is 2. The van der Waals surface area contributed by atoms with Gasteiger partial charge in [0.1, 0.15) is 5.75 Å². The van der Waals surface area contributed by atoms with Gasteiger partial charge in [-0.25, -0.2) is 0 Å². The summed E-state index contributed by atoms with van der Waals surface area (Å²) in [6.45, 7) is 0.0185. The van der Waals surface area contributed by atoms with Crippen LogP contribution in [-0.2, 0) is 9.59 Å². The fourth-order valence-corrected chi connectivity index (χ4v) is 1.78. The van der Waals surface area contributed by atoms with Crippen LogP contribution in [0.5, 0.6) is 5.75 Å². The lowest BCUT2D eigenvalue weighted by Crippen LogP contribution is -2.37. The summed E-state index contributed by atoms with van der Waals surface area (Å²) in [5.74, 6) is 0.204. The van der Waals surface area contributed by atoms with Crippen LogP contribution >= 0.6 is 0 Å². The minimum Gasteiger partial charge on any atom is -0.482 e. The van der Waals surface area contributed by atoms with E-state index in [1.165, 1.54) is 0 Å². The molecule has 0 unspecified atom stereocenters. The summed E-state index contributed by atoms with van der Waals surface area (Å²) in [7, 11) is 0. The zero-order chi connectivity index (χ0) is 12.8. The Morgan fingerprint density at radius 1 is 1.44 bits per heavy atom. The second-order valence-electron chi connectivity index (χ2n) is 4.66. The second kappa shape index (κ2) is 3.71. The molecule has 1 heterocycles. The highest BCUT2D eigenvalue weighted by molar-refractivity contribution is 6.01. The van der Waals surface area contributed by atoms with Crippen LogP contribution in [0.2, 0.25) is 0 Å². The average molecular weight is 247 g/mol. The largest absolute Gasteiger partial charge is 0.482 e. The van der Waals surface area contributed by atoms with Crippen molar-refractivity contribution in [2.45, 2.75) is 18.4 Å². The summed E-state index contributed by atoms with van der Waals surface area (Å²) in [6, 6.07) is 5.09.